The number of carbonyl (C=O) groups excluding carboxylic acids is 1. The molecule has 0 spiro atoms. The third-order valence-corrected chi connectivity index (χ3v) is 2.14. The van der Waals surface area contributed by atoms with Gasteiger partial charge >= 0.3 is 12.1 Å². The lowest BCUT2D eigenvalue weighted by Gasteiger charge is -2.31. The summed E-state index contributed by atoms with van der Waals surface area (Å²) >= 11 is 0. The van der Waals surface area contributed by atoms with Gasteiger partial charge in [0.25, 0.3) is 0 Å². The number of carboxylic acid groups (broad SMARTS) is 1. The van der Waals surface area contributed by atoms with Crippen molar-refractivity contribution < 1.29 is 24.5 Å². The molecule has 6 nitrogen and oxygen atoms in total. The zero-order chi connectivity index (χ0) is 14.7. The molecule has 106 valence electrons. The van der Waals surface area contributed by atoms with Crippen LogP contribution in [-0.4, -0.2) is 40.0 Å². The molecule has 0 aliphatic carbocycles. The quantitative estimate of drug-likeness (QED) is 0.713. The SMILES string of the molecule is CC(C)(C)OC(=O)N[C@@H](C(=O)O)[C@H](O)C(C)(C)C. The largest absolute Gasteiger partial charge is 0.480 e. The average Bonchev–Trinajstić information content (AvgIpc) is 2.08. The van der Waals surface area contributed by atoms with Crippen molar-refractivity contribution >= 4 is 12.1 Å². The molecule has 0 unspecified atom stereocenters. The fourth-order valence-corrected chi connectivity index (χ4v) is 1.21. The number of aliphatic hydroxyl groups excluding tert-OH is 1. The van der Waals surface area contributed by atoms with Gasteiger partial charge < -0.3 is 20.3 Å². The van der Waals surface area contributed by atoms with E-state index < -0.39 is 35.2 Å². The number of carbonyl (C=O) groups is 2. The fourth-order valence-electron chi connectivity index (χ4n) is 1.21. The lowest BCUT2D eigenvalue weighted by atomic mass is 9.84. The fraction of sp³-hybridized carbons (Fsp3) is 0.833. The molecule has 0 aliphatic rings. The summed E-state index contributed by atoms with van der Waals surface area (Å²) in [6, 6.07) is -1.40. The highest BCUT2D eigenvalue weighted by molar-refractivity contribution is 5.80. The molecule has 1 amide bonds. The van der Waals surface area contributed by atoms with Crippen LogP contribution in [0.3, 0.4) is 0 Å². The molecule has 0 bridgehead atoms. The summed E-state index contributed by atoms with van der Waals surface area (Å²) in [5.41, 5.74) is -1.39. The molecule has 0 aromatic rings. The van der Waals surface area contributed by atoms with Crippen molar-refractivity contribution in [2.45, 2.75) is 59.3 Å². The van der Waals surface area contributed by atoms with Gasteiger partial charge in [-0.05, 0) is 26.2 Å². The highest BCUT2D eigenvalue weighted by atomic mass is 16.6. The van der Waals surface area contributed by atoms with Crippen LogP contribution < -0.4 is 5.32 Å². The van der Waals surface area contributed by atoms with Crippen molar-refractivity contribution in [3.63, 3.8) is 0 Å². The summed E-state index contributed by atoms with van der Waals surface area (Å²) in [6.45, 7) is 10.1. The predicted molar refractivity (Wildman–Crippen MR) is 66.3 cm³/mol. The predicted octanol–water partition coefficient (Wildman–Crippen LogP) is 1.37. The molecule has 0 radical (unpaired) electrons. The van der Waals surface area contributed by atoms with Gasteiger partial charge in [-0.2, -0.15) is 0 Å². The summed E-state index contributed by atoms with van der Waals surface area (Å²) in [7, 11) is 0. The van der Waals surface area contributed by atoms with Crippen LogP contribution in [0.2, 0.25) is 0 Å². The number of carboxylic acids is 1. The molecule has 0 heterocycles. The third-order valence-electron chi connectivity index (χ3n) is 2.14. The molecule has 3 N–H and O–H groups in total. The highest BCUT2D eigenvalue weighted by Gasteiger charge is 2.37. The van der Waals surface area contributed by atoms with Gasteiger partial charge in [-0.15, -0.1) is 0 Å². The lowest BCUT2D eigenvalue weighted by Crippen LogP contribution is -2.54. The van der Waals surface area contributed by atoms with E-state index in [0.717, 1.165) is 0 Å². The highest BCUT2D eigenvalue weighted by Crippen LogP contribution is 2.22. The molecule has 0 rings (SSSR count). The van der Waals surface area contributed by atoms with Crippen LogP contribution in [0.15, 0.2) is 0 Å². The van der Waals surface area contributed by atoms with Gasteiger partial charge in [0.1, 0.15) is 5.60 Å². The zero-order valence-electron chi connectivity index (χ0n) is 11.8. The monoisotopic (exact) mass is 261 g/mol. The molecule has 0 aliphatic heterocycles. The van der Waals surface area contributed by atoms with E-state index in [1.807, 2.05) is 0 Å². The van der Waals surface area contributed by atoms with E-state index in [-0.39, 0.29) is 0 Å². The number of nitrogens with one attached hydrogen (secondary N) is 1. The molecule has 0 fully saturated rings. The smallest absolute Gasteiger partial charge is 0.408 e. The third kappa shape index (κ3) is 5.86. The summed E-state index contributed by atoms with van der Waals surface area (Å²) in [5, 5.41) is 21.1. The number of ether oxygens (including phenoxy) is 1. The van der Waals surface area contributed by atoms with Gasteiger partial charge in [-0.3, -0.25) is 0 Å². The number of alkyl carbamates (subject to hydrolysis) is 1. The van der Waals surface area contributed by atoms with E-state index in [4.69, 9.17) is 9.84 Å². The Morgan fingerprint density at radius 1 is 1.11 bits per heavy atom. The maximum absolute atomic E-state index is 11.5. The van der Waals surface area contributed by atoms with Crippen LogP contribution in [0.25, 0.3) is 0 Å². The first-order chi connectivity index (χ1) is 7.84. The number of amides is 1. The summed E-state index contributed by atoms with van der Waals surface area (Å²) < 4.78 is 4.96. The van der Waals surface area contributed by atoms with Crippen molar-refractivity contribution in [2.75, 3.05) is 0 Å². The van der Waals surface area contributed by atoms with Crippen molar-refractivity contribution in [3.8, 4) is 0 Å². The minimum absolute atomic E-state index is 0.669. The second-order valence-corrected chi connectivity index (χ2v) is 6.27. The first kappa shape index (κ1) is 16.7. The van der Waals surface area contributed by atoms with Crippen LogP contribution in [0.1, 0.15) is 41.5 Å². The zero-order valence-corrected chi connectivity index (χ0v) is 11.8. The second-order valence-electron chi connectivity index (χ2n) is 6.27. The van der Waals surface area contributed by atoms with Crippen LogP contribution in [0, 0.1) is 5.41 Å². The number of hydrogen-bond donors (Lipinski definition) is 3. The molecular formula is C12H23NO5. The van der Waals surface area contributed by atoms with Gasteiger partial charge in [0.05, 0.1) is 6.10 Å². The van der Waals surface area contributed by atoms with Crippen LogP contribution in [0.4, 0.5) is 4.79 Å². The molecule has 0 saturated carbocycles. The van der Waals surface area contributed by atoms with Gasteiger partial charge in [-0.25, -0.2) is 9.59 Å². The minimum Gasteiger partial charge on any atom is -0.480 e. The average molecular weight is 261 g/mol. The Hall–Kier alpha value is -1.30. The van der Waals surface area contributed by atoms with E-state index >= 15 is 0 Å². The van der Waals surface area contributed by atoms with Crippen molar-refractivity contribution in [3.05, 3.63) is 0 Å². The number of rotatable bonds is 3. The Labute approximate surface area is 107 Å². The molecule has 0 aromatic heterocycles. The molecule has 6 heteroatoms. The Bertz CT molecular complexity index is 313. The van der Waals surface area contributed by atoms with Gasteiger partial charge in [-0.1, -0.05) is 20.8 Å². The second kappa shape index (κ2) is 5.56. The summed E-state index contributed by atoms with van der Waals surface area (Å²) in [5.74, 6) is -1.30. The van der Waals surface area contributed by atoms with E-state index in [0.29, 0.717) is 0 Å². The van der Waals surface area contributed by atoms with E-state index in [1.165, 1.54) is 0 Å². The van der Waals surface area contributed by atoms with Crippen LogP contribution >= 0.6 is 0 Å². The van der Waals surface area contributed by atoms with Crippen molar-refractivity contribution in [2.24, 2.45) is 5.41 Å². The Morgan fingerprint density at radius 2 is 1.56 bits per heavy atom. The van der Waals surface area contributed by atoms with Crippen molar-refractivity contribution in [1.29, 1.82) is 0 Å². The maximum Gasteiger partial charge on any atom is 0.408 e. The normalized spacial score (nSPS) is 15.7. The first-order valence-electron chi connectivity index (χ1n) is 5.75. The summed E-state index contributed by atoms with van der Waals surface area (Å²) in [4.78, 5) is 22.6. The van der Waals surface area contributed by atoms with Gasteiger partial charge in [0, 0.05) is 0 Å². The Morgan fingerprint density at radius 3 is 1.83 bits per heavy atom. The molecule has 0 aromatic carbocycles. The Kier molecular flexibility index (Phi) is 5.16. The number of hydrogen-bond acceptors (Lipinski definition) is 4. The van der Waals surface area contributed by atoms with Gasteiger partial charge in [0.15, 0.2) is 6.04 Å². The van der Waals surface area contributed by atoms with Crippen LogP contribution in [0.5, 0.6) is 0 Å². The van der Waals surface area contributed by atoms with Gasteiger partial charge in [0.2, 0.25) is 0 Å². The van der Waals surface area contributed by atoms with E-state index in [9.17, 15) is 14.7 Å². The van der Waals surface area contributed by atoms with Crippen molar-refractivity contribution in [1.82, 2.24) is 5.32 Å². The molecule has 2 atom stereocenters. The first-order valence-corrected chi connectivity index (χ1v) is 5.75. The van der Waals surface area contributed by atoms with Crippen LogP contribution in [-0.2, 0) is 9.53 Å². The topological polar surface area (TPSA) is 95.9 Å². The molecule has 0 saturated heterocycles. The lowest BCUT2D eigenvalue weighted by molar-refractivity contribution is -0.144. The van der Waals surface area contributed by atoms with E-state index in [2.05, 4.69) is 5.32 Å². The number of aliphatic hydroxyl groups is 1. The number of aliphatic carboxylic acids is 1. The van der Waals surface area contributed by atoms with E-state index in [1.54, 1.807) is 41.5 Å². The minimum atomic E-state index is -1.40. The maximum atomic E-state index is 11.5. The Balaban J connectivity index is 4.76. The standard InChI is InChI=1S/C12H23NO5/c1-11(2,3)8(14)7(9(15)16)13-10(17)18-12(4,5)6/h7-8,14H,1-6H3,(H,13,17)(H,15,16)/t7-,8+/m1/s1. The molecular weight excluding hydrogens is 238 g/mol. The summed E-state index contributed by atoms with van der Waals surface area (Å²) in [6.07, 6.45) is -2.08. The molecule has 18 heavy (non-hydrogen) atoms.